The molecular formula is C25H20N2O5. The van der Waals surface area contributed by atoms with Crippen LogP contribution in [-0.4, -0.2) is 28.3 Å². The Morgan fingerprint density at radius 2 is 1.75 bits per heavy atom. The van der Waals surface area contributed by atoms with Gasteiger partial charge in [-0.1, -0.05) is 72.8 Å². The van der Waals surface area contributed by atoms with Gasteiger partial charge in [-0.3, -0.25) is 19.7 Å². The fourth-order valence-corrected chi connectivity index (χ4v) is 3.84. The number of aliphatic hydroxyl groups is 1. The average molecular weight is 428 g/mol. The third kappa shape index (κ3) is 3.93. The number of nitro groups is 1. The zero-order valence-electron chi connectivity index (χ0n) is 17.0. The summed E-state index contributed by atoms with van der Waals surface area (Å²) in [6.07, 6.45) is 3.18. The minimum Gasteiger partial charge on any atom is -0.375 e. The zero-order chi connectivity index (χ0) is 22.7. The minimum absolute atomic E-state index is 0.0697. The molecular weight excluding hydrogens is 408 g/mol. The molecule has 7 nitrogen and oxygen atoms in total. The lowest BCUT2D eigenvalue weighted by molar-refractivity contribution is -0.384. The van der Waals surface area contributed by atoms with Gasteiger partial charge in [0.1, 0.15) is 0 Å². The molecule has 0 spiro atoms. The topological polar surface area (TPSA) is 101 Å². The number of fused-ring (bicyclic) bond motifs is 1. The van der Waals surface area contributed by atoms with Crippen molar-refractivity contribution in [2.75, 3.05) is 11.4 Å². The molecule has 3 aromatic carbocycles. The number of amides is 1. The summed E-state index contributed by atoms with van der Waals surface area (Å²) in [7, 11) is 0. The highest BCUT2D eigenvalue weighted by Gasteiger charge is 2.50. The molecule has 32 heavy (non-hydrogen) atoms. The van der Waals surface area contributed by atoms with E-state index in [-0.39, 0.29) is 17.8 Å². The van der Waals surface area contributed by atoms with Crippen molar-refractivity contribution in [2.24, 2.45) is 0 Å². The first-order chi connectivity index (χ1) is 15.4. The SMILES string of the molecule is O=C(CC1(O)C(=O)N(C/C=C/c2ccccc2)c2ccccc21)c1cccc([N+](=O)[O-])c1. The highest BCUT2D eigenvalue weighted by Crippen LogP contribution is 2.42. The van der Waals surface area contributed by atoms with Gasteiger partial charge in [-0.2, -0.15) is 0 Å². The highest BCUT2D eigenvalue weighted by molar-refractivity contribution is 6.11. The molecule has 1 heterocycles. The Bertz CT molecular complexity index is 1220. The number of carbonyl (C=O) groups is 2. The predicted octanol–water partition coefficient (Wildman–Crippen LogP) is 4.12. The fourth-order valence-electron chi connectivity index (χ4n) is 3.84. The van der Waals surface area contributed by atoms with E-state index in [0.717, 1.165) is 11.6 Å². The van der Waals surface area contributed by atoms with Crippen molar-refractivity contribution in [3.63, 3.8) is 0 Å². The number of rotatable bonds is 7. The van der Waals surface area contributed by atoms with E-state index in [9.17, 15) is 24.8 Å². The maximum atomic E-state index is 13.3. The van der Waals surface area contributed by atoms with Crippen molar-refractivity contribution in [1.29, 1.82) is 0 Å². The van der Waals surface area contributed by atoms with Crippen LogP contribution in [-0.2, 0) is 10.4 Å². The molecule has 7 heteroatoms. The fraction of sp³-hybridized carbons (Fsp3) is 0.120. The first-order valence-electron chi connectivity index (χ1n) is 10.0. The number of benzene rings is 3. The first kappa shape index (κ1) is 21.1. The standard InChI is InChI=1S/C25H20N2O5/c28-23(19-11-6-12-20(16-19)27(31)32)17-25(30)21-13-4-5-14-22(21)26(24(25)29)15-7-10-18-8-2-1-3-9-18/h1-14,16,30H,15,17H2/b10-7+. The Morgan fingerprint density at radius 1 is 1.03 bits per heavy atom. The Hall–Kier alpha value is -4.10. The van der Waals surface area contributed by atoms with E-state index in [1.807, 2.05) is 42.5 Å². The minimum atomic E-state index is -2.04. The number of hydrogen-bond donors (Lipinski definition) is 1. The number of non-ortho nitro benzene ring substituents is 1. The molecule has 1 unspecified atom stereocenters. The van der Waals surface area contributed by atoms with Crippen LogP contribution in [0.1, 0.15) is 27.9 Å². The van der Waals surface area contributed by atoms with E-state index in [1.165, 1.54) is 23.1 Å². The molecule has 0 aliphatic carbocycles. The van der Waals surface area contributed by atoms with Crippen molar-refractivity contribution in [2.45, 2.75) is 12.0 Å². The summed E-state index contributed by atoms with van der Waals surface area (Å²) >= 11 is 0. The van der Waals surface area contributed by atoms with Gasteiger partial charge in [-0.25, -0.2) is 0 Å². The van der Waals surface area contributed by atoms with Crippen LogP contribution in [0.5, 0.6) is 0 Å². The van der Waals surface area contributed by atoms with E-state index < -0.39 is 28.6 Å². The van der Waals surface area contributed by atoms with Crippen LogP contribution in [0.15, 0.2) is 84.9 Å². The molecule has 160 valence electrons. The molecule has 1 aliphatic rings. The summed E-state index contributed by atoms with van der Waals surface area (Å²) in [5.74, 6) is -1.16. The number of nitrogens with zero attached hydrogens (tertiary/aromatic N) is 2. The summed E-state index contributed by atoms with van der Waals surface area (Å²) in [6.45, 7) is 0.220. The molecule has 0 saturated carbocycles. The monoisotopic (exact) mass is 428 g/mol. The lowest BCUT2D eigenvalue weighted by Crippen LogP contribution is -2.42. The van der Waals surface area contributed by atoms with Crippen LogP contribution < -0.4 is 4.90 Å². The first-order valence-corrected chi connectivity index (χ1v) is 10.0. The number of carbonyl (C=O) groups excluding carboxylic acids is 2. The second-order valence-corrected chi connectivity index (χ2v) is 7.51. The van der Waals surface area contributed by atoms with Gasteiger partial charge in [0, 0.05) is 29.8 Å². The van der Waals surface area contributed by atoms with Gasteiger partial charge in [-0.05, 0) is 11.6 Å². The molecule has 0 bridgehead atoms. The molecule has 1 amide bonds. The van der Waals surface area contributed by atoms with Crippen LogP contribution in [0.4, 0.5) is 11.4 Å². The second kappa shape index (κ2) is 8.56. The number of para-hydroxylation sites is 1. The van der Waals surface area contributed by atoms with Crippen LogP contribution in [0.3, 0.4) is 0 Å². The number of nitro benzene ring substituents is 1. The van der Waals surface area contributed by atoms with Crippen molar-refractivity contribution < 1.29 is 19.6 Å². The van der Waals surface area contributed by atoms with Crippen molar-refractivity contribution in [3.05, 3.63) is 112 Å². The van der Waals surface area contributed by atoms with Gasteiger partial charge >= 0.3 is 0 Å². The average Bonchev–Trinajstić information content (AvgIpc) is 3.01. The molecule has 4 rings (SSSR count). The van der Waals surface area contributed by atoms with Crippen molar-refractivity contribution in [3.8, 4) is 0 Å². The van der Waals surface area contributed by atoms with E-state index in [4.69, 9.17) is 0 Å². The molecule has 0 fully saturated rings. The molecule has 1 aliphatic heterocycles. The maximum absolute atomic E-state index is 13.3. The van der Waals surface area contributed by atoms with Crippen LogP contribution >= 0.6 is 0 Å². The summed E-state index contributed by atoms with van der Waals surface area (Å²) in [4.78, 5) is 38.0. The van der Waals surface area contributed by atoms with E-state index in [2.05, 4.69) is 0 Å². The largest absolute Gasteiger partial charge is 0.375 e. The lowest BCUT2D eigenvalue weighted by Gasteiger charge is -2.22. The van der Waals surface area contributed by atoms with Crippen LogP contribution in [0, 0.1) is 10.1 Å². The summed E-state index contributed by atoms with van der Waals surface area (Å²) < 4.78 is 0. The molecule has 0 saturated heterocycles. The van der Waals surface area contributed by atoms with E-state index in [1.54, 1.807) is 24.3 Å². The molecule has 1 N–H and O–H groups in total. The van der Waals surface area contributed by atoms with E-state index >= 15 is 0 Å². The maximum Gasteiger partial charge on any atom is 0.270 e. The quantitative estimate of drug-likeness (QED) is 0.347. The van der Waals surface area contributed by atoms with Gasteiger partial charge in [0.2, 0.25) is 0 Å². The Labute approximate surface area is 184 Å². The summed E-state index contributed by atoms with van der Waals surface area (Å²) in [6, 6.07) is 21.7. The van der Waals surface area contributed by atoms with Crippen molar-refractivity contribution >= 4 is 29.1 Å². The molecule has 0 radical (unpaired) electrons. The number of Topliss-reactive ketones (excluding diaryl/α,β-unsaturated/α-hetero) is 1. The Kier molecular flexibility index (Phi) is 5.66. The normalized spacial score (nSPS) is 17.5. The van der Waals surface area contributed by atoms with Gasteiger partial charge in [0.25, 0.3) is 11.6 Å². The van der Waals surface area contributed by atoms with Gasteiger partial charge in [0.15, 0.2) is 11.4 Å². The predicted molar refractivity (Wildman–Crippen MR) is 120 cm³/mol. The van der Waals surface area contributed by atoms with Crippen LogP contribution in [0.25, 0.3) is 6.08 Å². The third-order valence-corrected chi connectivity index (χ3v) is 5.43. The van der Waals surface area contributed by atoms with Gasteiger partial charge in [-0.15, -0.1) is 0 Å². The summed E-state index contributed by atoms with van der Waals surface area (Å²) in [5, 5.41) is 22.4. The molecule has 0 aromatic heterocycles. The zero-order valence-corrected chi connectivity index (χ0v) is 17.0. The smallest absolute Gasteiger partial charge is 0.270 e. The van der Waals surface area contributed by atoms with Crippen LogP contribution in [0.2, 0.25) is 0 Å². The summed E-state index contributed by atoms with van der Waals surface area (Å²) in [5.41, 5.74) is -0.349. The van der Waals surface area contributed by atoms with Gasteiger partial charge < -0.3 is 10.0 Å². The lowest BCUT2D eigenvalue weighted by atomic mass is 9.88. The second-order valence-electron chi connectivity index (χ2n) is 7.51. The number of ketones is 1. The Balaban J connectivity index is 1.60. The number of hydrogen-bond acceptors (Lipinski definition) is 5. The molecule has 1 atom stereocenters. The Morgan fingerprint density at radius 3 is 2.50 bits per heavy atom. The van der Waals surface area contributed by atoms with Gasteiger partial charge in [0.05, 0.1) is 17.0 Å². The highest BCUT2D eigenvalue weighted by atomic mass is 16.6. The third-order valence-electron chi connectivity index (χ3n) is 5.43. The van der Waals surface area contributed by atoms with Crippen molar-refractivity contribution in [1.82, 2.24) is 0 Å². The van der Waals surface area contributed by atoms with E-state index in [0.29, 0.717) is 11.3 Å². The molecule has 3 aromatic rings. The number of anilines is 1.